The van der Waals surface area contributed by atoms with Crippen LogP contribution in [0.5, 0.6) is 0 Å². The molecule has 5 nitrogen and oxygen atoms in total. The van der Waals surface area contributed by atoms with E-state index in [9.17, 15) is 10.2 Å². The minimum absolute atomic E-state index is 0.118. The Morgan fingerprint density at radius 2 is 1.83 bits per heavy atom. The molecule has 18 heavy (non-hydrogen) atoms. The molecule has 1 heterocycles. The van der Waals surface area contributed by atoms with Crippen molar-refractivity contribution in [3.8, 4) is 0 Å². The molecule has 5 heteroatoms. The molecule has 0 aromatic carbocycles. The van der Waals surface area contributed by atoms with Crippen LogP contribution in [0.2, 0.25) is 0 Å². The molecule has 4 N–H and O–H groups in total. The number of rotatable bonds is 8. The number of anilines is 2. The summed E-state index contributed by atoms with van der Waals surface area (Å²) in [5.74, 6) is 0. The number of nitrogens with zero attached hydrogens (tertiary/aromatic N) is 1. The molecule has 102 valence electrons. The summed E-state index contributed by atoms with van der Waals surface area (Å²) in [7, 11) is 0. The van der Waals surface area contributed by atoms with Crippen molar-refractivity contribution < 1.29 is 10.2 Å². The average Bonchev–Trinajstić information content (AvgIpc) is 2.43. The van der Waals surface area contributed by atoms with Gasteiger partial charge in [0.1, 0.15) is 0 Å². The Morgan fingerprint density at radius 1 is 1.17 bits per heavy atom. The van der Waals surface area contributed by atoms with Crippen LogP contribution >= 0.6 is 0 Å². The summed E-state index contributed by atoms with van der Waals surface area (Å²) < 4.78 is 0. The summed E-state index contributed by atoms with van der Waals surface area (Å²) in [5.41, 5.74) is 1.04. The molecular formula is C13H23N3O2. The summed E-state index contributed by atoms with van der Waals surface area (Å²) in [6.07, 6.45) is 5.12. The monoisotopic (exact) mass is 253 g/mol. The van der Waals surface area contributed by atoms with E-state index in [-0.39, 0.29) is 13.2 Å². The van der Waals surface area contributed by atoms with E-state index < -0.39 is 5.54 Å². The highest BCUT2D eigenvalue weighted by atomic mass is 16.3. The molecule has 0 saturated carbocycles. The predicted octanol–water partition coefficient (Wildman–Crippen LogP) is 1.45. The fraction of sp³-hybridized carbons (Fsp3) is 0.615. The Kier molecular flexibility index (Phi) is 5.88. The van der Waals surface area contributed by atoms with Crippen LogP contribution in [0.3, 0.4) is 0 Å². The van der Waals surface area contributed by atoms with Crippen molar-refractivity contribution >= 4 is 11.4 Å². The molecule has 0 atom stereocenters. The lowest BCUT2D eigenvalue weighted by atomic mass is 9.98. The van der Waals surface area contributed by atoms with E-state index in [0.29, 0.717) is 6.42 Å². The van der Waals surface area contributed by atoms with Gasteiger partial charge in [0.2, 0.25) is 0 Å². The van der Waals surface area contributed by atoms with Crippen LogP contribution < -0.4 is 10.6 Å². The molecule has 1 rings (SSSR count). The van der Waals surface area contributed by atoms with Crippen molar-refractivity contribution in [3.05, 3.63) is 18.5 Å². The van der Waals surface area contributed by atoms with Gasteiger partial charge < -0.3 is 20.8 Å². The van der Waals surface area contributed by atoms with E-state index in [0.717, 1.165) is 24.3 Å². The number of nitrogens with one attached hydrogen (secondary N) is 2. The van der Waals surface area contributed by atoms with Gasteiger partial charge in [-0.25, -0.2) is 0 Å². The highest BCUT2D eigenvalue weighted by Gasteiger charge is 2.26. The summed E-state index contributed by atoms with van der Waals surface area (Å²) >= 11 is 0. The minimum atomic E-state index is -0.689. The minimum Gasteiger partial charge on any atom is -0.394 e. The van der Waals surface area contributed by atoms with Crippen molar-refractivity contribution in [2.24, 2.45) is 0 Å². The fourth-order valence-electron chi connectivity index (χ4n) is 1.62. The Balaban J connectivity index is 2.77. The number of hydrogen-bond acceptors (Lipinski definition) is 5. The number of pyridine rings is 1. The van der Waals surface area contributed by atoms with Crippen molar-refractivity contribution in [1.29, 1.82) is 0 Å². The zero-order valence-electron chi connectivity index (χ0n) is 11.1. The molecule has 1 aromatic rings. The van der Waals surface area contributed by atoms with Crippen LogP contribution in [0.1, 0.15) is 26.7 Å². The van der Waals surface area contributed by atoms with Gasteiger partial charge in [0, 0.05) is 6.54 Å². The van der Waals surface area contributed by atoms with Gasteiger partial charge >= 0.3 is 0 Å². The molecule has 0 aliphatic heterocycles. The van der Waals surface area contributed by atoms with Crippen molar-refractivity contribution in [2.75, 3.05) is 30.4 Å². The summed E-state index contributed by atoms with van der Waals surface area (Å²) in [6, 6.07) is 1.93. The van der Waals surface area contributed by atoms with E-state index in [1.165, 1.54) is 0 Å². The number of aliphatic hydroxyl groups is 2. The van der Waals surface area contributed by atoms with Crippen LogP contribution in [-0.4, -0.2) is 40.5 Å². The molecule has 0 saturated heterocycles. The molecule has 0 bridgehead atoms. The smallest absolute Gasteiger partial charge is 0.0832 e. The van der Waals surface area contributed by atoms with Gasteiger partial charge in [-0.3, -0.25) is 4.98 Å². The van der Waals surface area contributed by atoms with Gasteiger partial charge in [0.05, 0.1) is 42.5 Å². The highest BCUT2D eigenvalue weighted by Crippen LogP contribution is 2.20. The molecule has 0 aliphatic carbocycles. The quantitative estimate of drug-likeness (QED) is 0.564. The van der Waals surface area contributed by atoms with Gasteiger partial charge in [0.25, 0.3) is 0 Å². The Hall–Kier alpha value is -1.33. The van der Waals surface area contributed by atoms with Gasteiger partial charge in [0.15, 0.2) is 0 Å². The van der Waals surface area contributed by atoms with E-state index in [1.807, 2.05) is 13.0 Å². The van der Waals surface area contributed by atoms with Crippen LogP contribution in [0, 0.1) is 0 Å². The fourth-order valence-corrected chi connectivity index (χ4v) is 1.62. The second-order valence-electron chi connectivity index (χ2n) is 4.46. The molecular weight excluding hydrogens is 230 g/mol. The summed E-state index contributed by atoms with van der Waals surface area (Å²) in [4.78, 5) is 4.14. The van der Waals surface area contributed by atoms with Crippen molar-refractivity contribution in [1.82, 2.24) is 4.98 Å². The third kappa shape index (κ3) is 3.85. The third-order valence-electron chi connectivity index (χ3n) is 3.01. The van der Waals surface area contributed by atoms with E-state index in [2.05, 4.69) is 22.5 Å². The third-order valence-corrected chi connectivity index (χ3v) is 3.01. The van der Waals surface area contributed by atoms with Crippen LogP contribution in [0.15, 0.2) is 18.5 Å². The molecule has 0 amide bonds. The predicted molar refractivity (Wildman–Crippen MR) is 73.8 cm³/mol. The van der Waals surface area contributed by atoms with Crippen LogP contribution in [-0.2, 0) is 0 Å². The Bertz CT molecular complexity index is 346. The number of hydrogen-bond donors (Lipinski definition) is 4. The van der Waals surface area contributed by atoms with Gasteiger partial charge in [-0.1, -0.05) is 13.8 Å². The Labute approximate surface area is 108 Å². The SMILES string of the molecule is CCCNc1cncc(NC(CC)(CO)CO)c1. The van der Waals surface area contributed by atoms with E-state index >= 15 is 0 Å². The number of aromatic nitrogens is 1. The van der Waals surface area contributed by atoms with Crippen LogP contribution in [0.4, 0.5) is 11.4 Å². The molecule has 0 unspecified atom stereocenters. The zero-order chi connectivity index (χ0) is 13.4. The summed E-state index contributed by atoms with van der Waals surface area (Å²) in [6.45, 7) is 4.68. The molecule has 0 spiro atoms. The first-order valence-corrected chi connectivity index (χ1v) is 6.38. The van der Waals surface area contributed by atoms with Gasteiger partial charge in [-0.15, -0.1) is 0 Å². The molecule has 0 radical (unpaired) electrons. The summed E-state index contributed by atoms with van der Waals surface area (Å²) in [5, 5.41) is 25.2. The van der Waals surface area contributed by atoms with Crippen LogP contribution in [0.25, 0.3) is 0 Å². The first-order valence-electron chi connectivity index (χ1n) is 6.38. The number of aliphatic hydroxyl groups excluding tert-OH is 2. The highest BCUT2D eigenvalue weighted by molar-refractivity contribution is 5.55. The average molecular weight is 253 g/mol. The zero-order valence-corrected chi connectivity index (χ0v) is 11.1. The standard InChI is InChI=1S/C13H23N3O2/c1-3-5-15-11-6-12(8-14-7-11)16-13(4-2,9-17)10-18/h6-8,15-18H,3-5,9-10H2,1-2H3. The second-order valence-corrected chi connectivity index (χ2v) is 4.46. The van der Waals surface area contributed by atoms with Gasteiger partial charge in [-0.2, -0.15) is 0 Å². The van der Waals surface area contributed by atoms with E-state index in [4.69, 9.17) is 0 Å². The van der Waals surface area contributed by atoms with Crippen molar-refractivity contribution in [2.45, 2.75) is 32.2 Å². The van der Waals surface area contributed by atoms with Gasteiger partial charge in [-0.05, 0) is 18.9 Å². The maximum atomic E-state index is 9.39. The first kappa shape index (κ1) is 14.7. The second kappa shape index (κ2) is 7.18. The molecule has 0 aliphatic rings. The normalized spacial score (nSPS) is 11.3. The largest absolute Gasteiger partial charge is 0.394 e. The van der Waals surface area contributed by atoms with E-state index in [1.54, 1.807) is 12.4 Å². The maximum Gasteiger partial charge on any atom is 0.0832 e. The Morgan fingerprint density at radius 3 is 2.39 bits per heavy atom. The lowest BCUT2D eigenvalue weighted by Gasteiger charge is -2.30. The molecule has 0 fully saturated rings. The first-order chi connectivity index (χ1) is 8.69. The lowest BCUT2D eigenvalue weighted by molar-refractivity contribution is 0.132. The van der Waals surface area contributed by atoms with Crippen molar-refractivity contribution in [3.63, 3.8) is 0 Å². The molecule has 1 aromatic heterocycles. The topological polar surface area (TPSA) is 77.4 Å². The lowest BCUT2D eigenvalue weighted by Crippen LogP contribution is -2.45. The maximum absolute atomic E-state index is 9.39.